The van der Waals surface area contributed by atoms with Crippen LogP contribution in [0.4, 0.5) is 5.69 Å². The second-order valence-corrected chi connectivity index (χ2v) is 8.55. The summed E-state index contributed by atoms with van der Waals surface area (Å²) in [4.78, 5) is 41.2. The molecule has 0 radical (unpaired) electrons. The van der Waals surface area contributed by atoms with E-state index >= 15 is 0 Å². The Labute approximate surface area is 192 Å². The molecule has 0 N–H and O–H groups in total. The van der Waals surface area contributed by atoms with Crippen LogP contribution in [0.5, 0.6) is 11.5 Å². The molecular weight excluding hydrogens is 440 g/mol. The summed E-state index contributed by atoms with van der Waals surface area (Å²) in [5.74, 6) is -1.02. The molecule has 0 saturated carbocycles. The number of morpholine rings is 1. The van der Waals surface area contributed by atoms with Crippen LogP contribution in [-0.4, -0.2) is 74.8 Å². The number of esters is 1. The summed E-state index contributed by atoms with van der Waals surface area (Å²) in [6, 6.07) is 3.15. The fraction of sp³-hybridized carbons (Fsp3) is 0.591. The number of carbonyl (C=O) groups is 3. The maximum Gasteiger partial charge on any atom is 0.312 e. The van der Waals surface area contributed by atoms with Crippen LogP contribution >= 0.6 is 11.6 Å². The van der Waals surface area contributed by atoms with Gasteiger partial charge in [-0.1, -0.05) is 11.6 Å². The van der Waals surface area contributed by atoms with Crippen LogP contribution in [-0.2, 0) is 23.9 Å². The smallest absolute Gasteiger partial charge is 0.312 e. The molecule has 2 amide bonds. The third-order valence-electron chi connectivity index (χ3n) is 5.57. The summed E-state index contributed by atoms with van der Waals surface area (Å²) in [6.45, 7) is 6.32. The van der Waals surface area contributed by atoms with Crippen molar-refractivity contribution in [3.8, 4) is 11.5 Å². The number of hydrogen-bond acceptors (Lipinski definition) is 7. The molecule has 0 unspecified atom stereocenters. The van der Waals surface area contributed by atoms with Crippen molar-refractivity contribution < 1.29 is 33.3 Å². The average molecular weight is 469 g/mol. The van der Waals surface area contributed by atoms with Gasteiger partial charge in [0.15, 0.2) is 6.10 Å². The highest BCUT2D eigenvalue weighted by atomic mass is 35.5. The van der Waals surface area contributed by atoms with Gasteiger partial charge in [-0.15, -0.1) is 0 Å². The molecule has 32 heavy (non-hydrogen) atoms. The van der Waals surface area contributed by atoms with Crippen LogP contribution in [0.1, 0.15) is 27.2 Å². The van der Waals surface area contributed by atoms with Gasteiger partial charge in [-0.25, -0.2) is 0 Å². The maximum atomic E-state index is 12.7. The maximum absolute atomic E-state index is 12.7. The van der Waals surface area contributed by atoms with Crippen LogP contribution in [0.2, 0.25) is 5.02 Å². The van der Waals surface area contributed by atoms with E-state index in [0.717, 1.165) is 0 Å². The predicted octanol–water partition coefficient (Wildman–Crippen LogP) is 2.28. The van der Waals surface area contributed by atoms with Crippen LogP contribution in [0.3, 0.4) is 0 Å². The van der Waals surface area contributed by atoms with Gasteiger partial charge in [0.1, 0.15) is 11.5 Å². The molecule has 4 atom stereocenters. The highest BCUT2D eigenvalue weighted by Crippen LogP contribution is 2.40. The minimum absolute atomic E-state index is 0.0296. The van der Waals surface area contributed by atoms with E-state index in [9.17, 15) is 14.4 Å². The fourth-order valence-electron chi connectivity index (χ4n) is 4.09. The first-order chi connectivity index (χ1) is 15.1. The van der Waals surface area contributed by atoms with E-state index in [2.05, 4.69) is 0 Å². The number of amides is 2. The van der Waals surface area contributed by atoms with Gasteiger partial charge < -0.3 is 28.7 Å². The molecule has 10 heteroatoms. The van der Waals surface area contributed by atoms with E-state index in [0.29, 0.717) is 35.3 Å². The fourth-order valence-corrected chi connectivity index (χ4v) is 4.32. The zero-order valence-corrected chi connectivity index (χ0v) is 19.7. The highest BCUT2D eigenvalue weighted by Gasteiger charge is 2.39. The normalized spacial score (nSPS) is 24.3. The topological polar surface area (TPSA) is 94.6 Å². The van der Waals surface area contributed by atoms with Crippen molar-refractivity contribution >= 4 is 35.1 Å². The van der Waals surface area contributed by atoms with Crippen molar-refractivity contribution in [1.29, 1.82) is 0 Å². The van der Waals surface area contributed by atoms with Crippen LogP contribution in [0.15, 0.2) is 12.1 Å². The number of ether oxygens (including phenoxy) is 4. The molecule has 2 saturated heterocycles. The predicted molar refractivity (Wildman–Crippen MR) is 117 cm³/mol. The molecule has 1 aromatic rings. The summed E-state index contributed by atoms with van der Waals surface area (Å²) in [5, 5.41) is 0.315. The van der Waals surface area contributed by atoms with Gasteiger partial charge in [-0.2, -0.15) is 0 Å². The SMILES string of the molecule is COc1cc(OC)c(N2C[C@H](C(=O)O[C@H](C)C(=O)N3C[C@H](C)O[C@@H](C)C3)CC2=O)cc1Cl. The summed E-state index contributed by atoms with van der Waals surface area (Å²) < 4.78 is 21.6. The molecule has 1 aromatic carbocycles. The summed E-state index contributed by atoms with van der Waals surface area (Å²) >= 11 is 6.22. The molecule has 0 spiro atoms. The summed E-state index contributed by atoms with van der Waals surface area (Å²) in [6.07, 6.45) is -1.15. The van der Waals surface area contributed by atoms with Crippen LogP contribution in [0, 0.1) is 5.92 Å². The lowest BCUT2D eigenvalue weighted by atomic mass is 10.1. The molecule has 176 valence electrons. The zero-order valence-electron chi connectivity index (χ0n) is 18.9. The van der Waals surface area contributed by atoms with E-state index in [1.54, 1.807) is 24.0 Å². The first-order valence-corrected chi connectivity index (χ1v) is 10.9. The molecular formula is C22H29ClN2O7. The van der Waals surface area contributed by atoms with Crippen molar-refractivity contribution in [2.75, 3.05) is 38.8 Å². The molecule has 3 rings (SSSR count). The molecule has 0 aliphatic carbocycles. The van der Waals surface area contributed by atoms with E-state index in [-0.39, 0.29) is 37.0 Å². The number of methoxy groups -OCH3 is 2. The Morgan fingerprint density at radius 3 is 2.31 bits per heavy atom. The summed E-state index contributed by atoms with van der Waals surface area (Å²) in [5.41, 5.74) is 0.444. The van der Waals surface area contributed by atoms with Crippen molar-refractivity contribution in [2.24, 2.45) is 5.92 Å². The Morgan fingerprint density at radius 2 is 1.72 bits per heavy atom. The van der Waals surface area contributed by atoms with Gasteiger partial charge in [0.2, 0.25) is 5.91 Å². The van der Waals surface area contributed by atoms with Crippen molar-refractivity contribution in [3.63, 3.8) is 0 Å². The molecule has 2 heterocycles. The number of carbonyl (C=O) groups excluding carboxylic acids is 3. The van der Waals surface area contributed by atoms with E-state index in [4.69, 9.17) is 30.5 Å². The molecule has 9 nitrogen and oxygen atoms in total. The van der Waals surface area contributed by atoms with Crippen molar-refractivity contribution in [2.45, 2.75) is 45.5 Å². The minimum atomic E-state index is -0.950. The third kappa shape index (κ3) is 5.10. The average Bonchev–Trinajstić information content (AvgIpc) is 3.13. The lowest BCUT2D eigenvalue weighted by molar-refractivity contribution is -0.166. The van der Waals surface area contributed by atoms with Crippen LogP contribution in [0.25, 0.3) is 0 Å². The third-order valence-corrected chi connectivity index (χ3v) is 5.87. The molecule has 2 fully saturated rings. The standard InChI is InChI=1S/C22H29ClN2O7/c1-12-9-24(10-13(2)31-12)21(27)14(3)32-22(28)15-6-20(26)25(11-15)17-7-16(23)18(29-4)8-19(17)30-5/h7-8,12-15H,6,9-11H2,1-5H3/t12-,13-,14+,15+/m0/s1. The van der Waals surface area contributed by atoms with Gasteiger partial charge >= 0.3 is 5.97 Å². The molecule has 0 aromatic heterocycles. The second-order valence-electron chi connectivity index (χ2n) is 8.14. The Bertz CT molecular complexity index is 883. The van der Waals surface area contributed by atoms with E-state index in [1.807, 2.05) is 13.8 Å². The van der Waals surface area contributed by atoms with Gasteiger partial charge in [-0.3, -0.25) is 14.4 Å². The quantitative estimate of drug-likeness (QED) is 0.591. The van der Waals surface area contributed by atoms with E-state index < -0.39 is 18.0 Å². The molecule has 2 aliphatic rings. The largest absolute Gasteiger partial charge is 0.495 e. The van der Waals surface area contributed by atoms with Gasteiger partial charge in [0.05, 0.1) is 43.1 Å². The zero-order chi connectivity index (χ0) is 23.6. The van der Waals surface area contributed by atoms with Gasteiger partial charge in [-0.05, 0) is 26.8 Å². The Morgan fingerprint density at radius 1 is 1.09 bits per heavy atom. The van der Waals surface area contributed by atoms with E-state index in [1.165, 1.54) is 19.1 Å². The second kappa shape index (κ2) is 9.95. The monoisotopic (exact) mass is 468 g/mol. The number of halogens is 1. The van der Waals surface area contributed by atoms with Crippen LogP contribution < -0.4 is 14.4 Å². The number of nitrogens with zero attached hydrogens (tertiary/aromatic N) is 2. The number of anilines is 1. The van der Waals surface area contributed by atoms with Crippen molar-refractivity contribution in [1.82, 2.24) is 4.90 Å². The van der Waals surface area contributed by atoms with Gasteiger partial charge in [0, 0.05) is 32.1 Å². The first kappa shape index (κ1) is 24.1. The Hall–Kier alpha value is -2.52. The van der Waals surface area contributed by atoms with Crippen molar-refractivity contribution in [3.05, 3.63) is 17.2 Å². The Balaban J connectivity index is 1.66. The number of rotatable bonds is 6. The lowest BCUT2D eigenvalue weighted by Crippen LogP contribution is -2.51. The molecule has 0 bridgehead atoms. The number of benzene rings is 1. The summed E-state index contributed by atoms with van der Waals surface area (Å²) in [7, 11) is 2.95. The number of hydrogen-bond donors (Lipinski definition) is 0. The highest BCUT2D eigenvalue weighted by molar-refractivity contribution is 6.32. The first-order valence-electron chi connectivity index (χ1n) is 10.5. The Kier molecular flexibility index (Phi) is 7.51. The minimum Gasteiger partial charge on any atom is -0.495 e. The molecule has 2 aliphatic heterocycles. The van der Waals surface area contributed by atoms with Gasteiger partial charge in [0.25, 0.3) is 5.91 Å². The lowest BCUT2D eigenvalue weighted by Gasteiger charge is -2.36.